The second kappa shape index (κ2) is 7.18. The fourth-order valence-corrected chi connectivity index (χ4v) is 2.39. The number of hydrogen-bond acceptors (Lipinski definition) is 2. The summed E-state index contributed by atoms with van der Waals surface area (Å²) >= 11 is 0. The van der Waals surface area contributed by atoms with Crippen molar-refractivity contribution >= 4 is 6.03 Å². The lowest BCUT2D eigenvalue weighted by atomic mass is 9.94. The van der Waals surface area contributed by atoms with Crippen LogP contribution >= 0.6 is 0 Å². The molecule has 0 saturated carbocycles. The predicted octanol–water partition coefficient (Wildman–Crippen LogP) is 3.74. The lowest BCUT2D eigenvalue weighted by Crippen LogP contribution is -2.46. The molecule has 2 rings (SSSR count). The highest BCUT2D eigenvalue weighted by atomic mass is 16.5. The van der Waals surface area contributed by atoms with E-state index >= 15 is 0 Å². The molecule has 2 N–H and O–H groups in total. The second-order valence-electron chi connectivity index (χ2n) is 6.09. The highest BCUT2D eigenvalue weighted by Gasteiger charge is 2.22. The third kappa shape index (κ3) is 4.49. The van der Waals surface area contributed by atoms with Gasteiger partial charge in [-0.1, -0.05) is 36.4 Å². The van der Waals surface area contributed by atoms with Crippen LogP contribution < -0.4 is 15.4 Å². The molecule has 122 valence electrons. The van der Waals surface area contributed by atoms with Crippen molar-refractivity contribution in [3.8, 4) is 5.75 Å². The molecule has 23 heavy (non-hydrogen) atoms. The largest absolute Gasteiger partial charge is 0.497 e. The SMILES string of the molecule is COc1ccc(C(C)(C)NC(=O)NCc2ccccc2C)cc1. The zero-order chi connectivity index (χ0) is 16.9. The number of nitrogens with one attached hydrogen (secondary N) is 2. The molecular formula is C19H24N2O2. The predicted molar refractivity (Wildman–Crippen MR) is 92.6 cm³/mol. The van der Waals surface area contributed by atoms with Gasteiger partial charge in [0.05, 0.1) is 12.6 Å². The Labute approximate surface area is 137 Å². The summed E-state index contributed by atoms with van der Waals surface area (Å²) in [6, 6.07) is 15.5. The molecule has 4 heteroatoms. The van der Waals surface area contributed by atoms with Crippen LogP contribution in [0.15, 0.2) is 48.5 Å². The average Bonchev–Trinajstić information content (AvgIpc) is 2.54. The van der Waals surface area contributed by atoms with Gasteiger partial charge in [0.1, 0.15) is 5.75 Å². The number of carbonyl (C=O) groups is 1. The van der Waals surface area contributed by atoms with Crippen LogP contribution in [0.3, 0.4) is 0 Å². The highest BCUT2D eigenvalue weighted by molar-refractivity contribution is 5.75. The molecule has 0 atom stereocenters. The maximum atomic E-state index is 12.2. The van der Waals surface area contributed by atoms with Crippen LogP contribution in [0.5, 0.6) is 5.75 Å². The van der Waals surface area contributed by atoms with E-state index in [9.17, 15) is 4.79 Å². The fourth-order valence-electron chi connectivity index (χ4n) is 2.39. The van der Waals surface area contributed by atoms with Gasteiger partial charge < -0.3 is 15.4 Å². The van der Waals surface area contributed by atoms with Crippen molar-refractivity contribution in [2.24, 2.45) is 0 Å². The molecule has 0 aliphatic heterocycles. The molecular weight excluding hydrogens is 288 g/mol. The molecule has 0 radical (unpaired) electrons. The van der Waals surface area contributed by atoms with Crippen LogP contribution in [-0.4, -0.2) is 13.1 Å². The van der Waals surface area contributed by atoms with E-state index in [1.54, 1.807) is 7.11 Å². The smallest absolute Gasteiger partial charge is 0.315 e. The van der Waals surface area contributed by atoms with Gasteiger partial charge in [0, 0.05) is 6.54 Å². The molecule has 2 amide bonds. The summed E-state index contributed by atoms with van der Waals surface area (Å²) < 4.78 is 5.16. The summed E-state index contributed by atoms with van der Waals surface area (Å²) in [7, 11) is 1.64. The van der Waals surface area contributed by atoms with Crippen molar-refractivity contribution in [3.05, 3.63) is 65.2 Å². The van der Waals surface area contributed by atoms with E-state index < -0.39 is 5.54 Å². The molecule has 4 nitrogen and oxygen atoms in total. The Kier molecular flexibility index (Phi) is 5.27. The first-order chi connectivity index (χ1) is 10.9. The topological polar surface area (TPSA) is 50.4 Å². The maximum Gasteiger partial charge on any atom is 0.315 e. The summed E-state index contributed by atoms with van der Waals surface area (Å²) in [4.78, 5) is 12.2. The van der Waals surface area contributed by atoms with E-state index in [-0.39, 0.29) is 6.03 Å². The first-order valence-corrected chi connectivity index (χ1v) is 7.67. The van der Waals surface area contributed by atoms with Crippen LogP contribution in [0.25, 0.3) is 0 Å². The Hall–Kier alpha value is -2.49. The number of methoxy groups -OCH3 is 1. The normalized spacial score (nSPS) is 11.0. The van der Waals surface area contributed by atoms with Crippen LogP contribution in [0.4, 0.5) is 4.79 Å². The van der Waals surface area contributed by atoms with Gasteiger partial charge in [-0.2, -0.15) is 0 Å². The van der Waals surface area contributed by atoms with Gasteiger partial charge in [0.15, 0.2) is 0 Å². The molecule has 0 saturated heterocycles. The standard InChI is InChI=1S/C19H24N2O2/c1-14-7-5-6-8-15(14)13-20-18(22)21-19(2,3)16-9-11-17(23-4)12-10-16/h5-12H,13H2,1-4H3,(H2,20,21,22). The highest BCUT2D eigenvalue weighted by Crippen LogP contribution is 2.22. The molecule has 0 unspecified atom stereocenters. The number of hydrogen-bond donors (Lipinski definition) is 2. The quantitative estimate of drug-likeness (QED) is 0.883. The third-order valence-electron chi connectivity index (χ3n) is 3.94. The van der Waals surface area contributed by atoms with E-state index in [1.165, 1.54) is 5.56 Å². The molecule has 0 aliphatic rings. The monoisotopic (exact) mass is 312 g/mol. The van der Waals surface area contributed by atoms with Crippen LogP contribution in [0, 0.1) is 6.92 Å². The van der Waals surface area contributed by atoms with Crippen LogP contribution in [0.2, 0.25) is 0 Å². The summed E-state index contributed by atoms with van der Waals surface area (Å²) in [6.07, 6.45) is 0. The van der Waals surface area contributed by atoms with Crippen LogP contribution in [-0.2, 0) is 12.1 Å². The minimum absolute atomic E-state index is 0.186. The van der Waals surface area contributed by atoms with E-state index in [2.05, 4.69) is 10.6 Å². The lowest BCUT2D eigenvalue weighted by Gasteiger charge is -2.27. The van der Waals surface area contributed by atoms with Gasteiger partial charge in [-0.05, 0) is 49.6 Å². The molecule has 0 aliphatic carbocycles. The minimum atomic E-state index is -0.470. The van der Waals surface area contributed by atoms with E-state index in [0.717, 1.165) is 16.9 Å². The summed E-state index contributed by atoms with van der Waals surface area (Å²) in [6.45, 7) is 6.50. The maximum absolute atomic E-state index is 12.2. The van der Waals surface area contributed by atoms with Crippen molar-refractivity contribution in [1.82, 2.24) is 10.6 Å². The molecule has 0 spiro atoms. The molecule has 0 fully saturated rings. The number of carbonyl (C=O) groups excluding carboxylic acids is 1. The number of benzene rings is 2. The fraction of sp³-hybridized carbons (Fsp3) is 0.316. The van der Waals surface area contributed by atoms with E-state index in [4.69, 9.17) is 4.74 Å². The number of urea groups is 1. The lowest BCUT2D eigenvalue weighted by molar-refractivity contribution is 0.229. The summed E-state index contributed by atoms with van der Waals surface area (Å²) in [5.74, 6) is 0.800. The molecule has 2 aromatic carbocycles. The number of rotatable bonds is 5. The number of ether oxygens (including phenoxy) is 1. The summed E-state index contributed by atoms with van der Waals surface area (Å²) in [5, 5.41) is 5.92. The Morgan fingerprint density at radius 1 is 1.09 bits per heavy atom. The first kappa shape index (κ1) is 16.9. The molecule has 0 aromatic heterocycles. The number of amides is 2. The Balaban J connectivity index is 1.96. The molecule has 0 heterocycles. The first-order valence-electron chi connectivity index (χ1n) is 7.67. The Morgan fingerprint density at radius 2 is 1.74 bits per heavy atom. The minimum Gasteiger partial charge on any atom is -0.497 e. The molecule has 2 aromatic rings. The van der Waals surface area contributed by atoms with Gasteiger partial charge in [-0.25, -0.2) is 4.79 Å². The van der Waals surface area contributed by atoms with Crippen molar-refractivity contribution in [2.45, 2.75) is 32.9 Å². The zero-order valence-corrected chi connectivity index (χ0v) is 14.1. The molecule has 0 bridgehead atoms. The zero-order valence-electron chi connectivity index (χ0n) is 14.1. The second-order valence-corrected chi connectivity index (χ2v) is 6.09. The van der Waals surface area contributed by atoms with Crippen molar-refractivity contribution in [2.75, 3.05) is 7.11 Å². The van der Waals surface area contributed by atoms with E-state index in [0.29, 0.717) is 6.54 Å². The van der Waals surface area contributed by atoms with Gasteiger partial charge in [-0.15, -0.1) is 0 Å². The van der Waals surface area contributed by atoms with Crippen molar-refractivity contribution in [1.29, 1.82) is 0 Å². The Bertz CT molecular complexity index is 663. The summed E-state index contributed by atoms with van der Waals surface area (Å²) in [5.41, 5.74) is 2.83. The van der Waals surface area contributed by atoms with Gasteiger partial charge in [0.25, 0.3) is 0 Å². The third-order valence-corrected chi connectivity index (χ3v) is 3.94. The Morgan fingerprint density at radius 3 is 2.35 bits per heavy atom. The van der Waals surface area contributed by atoms with E-state index in [1.807, 2.05) is 69.3 Å². The van der Waals surface area contributed by atoms with Gasteiger partial charge in [-0.3, -0.25) is 0 Å². The van der Waals surface area contributed by atoms with Gasteiger partial charge >= 0.3 is 6.03 Å². The van der Waals surface area contributed by atoms with Crippen LogP contribution in [0.1, 0.15) is 30.5 Å². The van der Waals surface area contributed by atoms with Gasteiger partial charge in [0.2, 0.25) is 0 Å². The van der Waals surface area contributed by atoms with Crippen molar-refractivity contribution in [3.63, 3.8) is 0 Å². The number of aryl methyl sites for hydroxylation is 1. The average molecular weight is 312 g/mol. The van der Waals surface area contributed by atoms with Crippen molar-refractivity contribution < 1.29 is 9.53 Å².